The van der Waals surface area contributed by atoms with E-state index in [2.05, 4.69) is 44.2 Å². The Labute approximate surface area is 164 Å². The van der Waals surface area contributed by atoms with E-state index < -0.39 is 0 Å². The molecular formula is C22H34ClNO2. The van der Waals surface area contributed by atoms with E-state index in [1.54, 1.807) is 13.2 Å². The summed E-state index contributed by atoms with van der Waals surface area (Å²) in [5.74, 6) is 0.824. The van der Waals surface area contributed by atoms with Crippen LogP contribution in [0.2, 0.25) is 5.02 Å². The molecule has 1 amide bonds. The molecule has 1 aromatic rings. The van der Waals surface area contributed by atoms with Gasteiger partial charge in [0.15, 0.2) is 0 Å². The first-order valence-corrected chi connectivity index (χ1v) is 9.77. The second-order valence-electron chi connectivity index (χ2n) is 7.83. The molecule has 1 saturated heterocycles. The van der Waals surface area contributed by atoms with Crippen molar-refractivity contribution in [3.63, 3.8) is 0 Å². The Morgan fingerprint density at radius 2 is 2.00 bits per heavy atom. The van der Waals surface area contributed by atoms with E-state index in [-0.39, 0.29) is 11.3 Å². The fraction of sp³-hybridized carbons (Fsp3) is 0.591. The number of benzene rings is 1. The SMILES string of the molecule is C=CCC(=O)N1CC(CCc2ccc(Cl)cc2C(C)(C)C)C1.CCOC. The van der Waals surface area contributed by atoms with Gasteiger partial charge in [0.1, 0.15) is 0 Å². The zero-order chi connectivity index (χ0) is 19.7. The molecule has 1 aromatic carbocycles. The number of carbonyl (C=O) groups is 1. The average molecular weight is 380 g/mol. The molecule has 4 heteroatoms. The molecule has 1 aliphatic rings. The van der Waals surface area contributed by atoms with Crippen LogP contribution >= 0.6 is 11.6 Å². The maximum absolute atomic E-state index is 11.7. The number of aryl methyl sites for hydroxylation is 1. The second-order valence-corrected chi connectivity index (χ2v) is 8.26. The van der Waals surface area contributed by atoms with Crippen LogP contribution in [0.5, 0.6) is 0 Å². The number of hydrogen-bond acceptors (Lipinski definition) is 2. The lowest BCUT2D eigenvalue weighted by Crippen LogP contribution is -2.49. The summed E-state index contributed by atoms with van der Waals surface area (Å²) in [6, 6.07) is 6.23. The van der Waals surface area contributed by atoms with Gasteiger partial charge in [0.25, 0.3) is 0 Å². The Bertz CT molecular complexity index is 584. The van der Waals surface area contributed by atoms with Crippen LogP contribution in [0.4, 0.5) is 0 Å². The minimum Gasteiger partial charge on any atom is -0.385 e. The molecule has 1 fully saturated rings. The van der Waals surface area contributed by atoms with Crippen molar-refractivity contribution in [3.8, 4) is 0 Å². The third kappa shape index (κ3) is 7.13. The smallest absolute Gasteiger partial charge is 0.226 e. The largest absolute Gasteiger partial charge is 0.385 e. The van der Waals surface area contributed by atoms with Gasteiger partial charge in [-0.3, -0.25) is 4.79 Å². The van der Waals surface area contributed by atoms with Crippen LogP contribution in [-0.4, -0.2) is 37.6 Å². The number of amides is 1. The van der Waals surface area contributed by atoms with E-state index in [9.17, 15) is 4.79 Å². The maximum Gasteiger partial charge on any atom is 0.226 e. The third-order valence-corrected chi connectivity index (χ3v) is 4.85. The molecule has 0 bridgehead atoms. The van der Waals surface area contributed by atoms with Crippen LogP contribution in [0.1, 0.15) is 51.7 Å². The van der Waals surface area contributed by atoms with Crippen LogP contribution < -0.4 is 0 Å². The summed E-state index contributed by atoms with van der Waals surface area (Å²) in [6.45, 7) is 14.9. The van der Waals surface area contributed by atoms with Crippen LogP contribution in [0, 0.1) is 5.92 Å². The van der Waals surface area contributed by atoms with Crippen molar-refractivity contribution in [2.45, 2.75) is 52.4 Å². The molecule has 0 aliphatic carbocycles. The Morgan fingerprint density at radius 1 is 1.38 bits per heavy atom. The molecule has 0 spiro atoms. The molecular weight excluding hydrogens is 346 g/mol. The number of hydrogen-bond donors (Lipinski definition) is 0. The van der Waals surface area contributed by atoms with Gasteiger partial charge in [0.05, 0.1) is 0 Å². The van der Waals surface area contributed by atoms with Gasteiger partial charge in [0, 0.05) is 38.2 Å². The first-order valence-electron chi connectivity index (χ1n) is 9.39. The minimum absolute atomic E-state index is 0.103. The van der Waals surface area contributed by atoms with Crippen LogP contribution in [0.15, 0.2) is 30.9 Å². The molecule has 146 valence electrons. The number of likely N-dealkylation sites (tertiary alicyclic amines) is 1. The number of halogens is 1. The highest BCUT2D eigenvalue weighted by molar-refractivity contribution is 6.30. The standard InChI is InChI=1S/C19H26ClNO.C3H8O/c1-5-6-18(22)21-12-14(13-21)7-8-15-9-10-16(20)11-17(15)19(2,3)4;1-3-4-2/h5,9-11,14H,1,6-8,12-13H2,2-4H3;3H2,1-2H3. The number of carbonyl (C=O) groups excluding carboxylic acids is 1. The van der Waals surface area contributed by atoms with Gasteiger partial charge in [-0.15, -0.1) is 6.58 Å². The van der Waals surface area contributed by atoms with E-state index in [1.807, 2.05) is 17.9 Å². The van der Waals surface area contributed by atoms with Crippen LogP contribution in [0.25, 0.3) is 0 Å². The third-order valence-electron chi connectivity index (χ3n) is 4.62. The van der Waals surface area contributed by atoms with Crippen molar-refractivity contribution in [1.82, 2.24) is 4.90 Å². The zero-order valence-electron chi connectivity index (χ0n) is 17.0. The summed E-state index contributed by atoms with van der Waals surface area (Å²) in [6.07, 6.45) is 4.32. The van der Waals surface area contributed by atoms with Crippen molar-refractivity contribution in [2.24, 2.45) is 5.92 Å². The number of nitrogens with zero attached hydrogens (tertiary/aromatic N) is 1. The van der Waals surface area contributed by atoms with Crippen molar-refractivity contribution >= 4 is 17.5 Å². The van der Waals surface area contributed by atoms with Gasteiger partial charge in [-0.05, 0) is 54.4 Å². The predicted molar refractivity (Wildman–Crippen MR) is 111 cm³/mol. The average Bonchev–Trinajstić information content (AvgIpc) is 2.54. The van der Waals surface area contributed by atoms with Crippen molar-refractivity contribution in [1.29, 1.82) is 0 Å². The van der Waals surface area contributed by atoms with E-state index in [1.165, 1.54) is 11.1 Å². The Kier molecular flexibility index (Phi) is 9.38. The fourth-order valence-electron chi connectivity index (χ4n) is 3.03. The normalized spacial score (nSPS) is 14.3. The lowest BCUT2D eigenvalue weighted by molar-refractivity contribution is -0.136. The Balaban J connectivity index is 0.000000765. The summed E-state index contributed by atoms with van der Waals surface area (Å²) in [5, 5.41) is 0.804. The molecule has 0 atom stereocenters. The van der Waals surface area contributed by atoms with Crippen LogP contribution in [-0.2, 0) is 21.4 Å². The first kappa shape index (κ1) is 22.7. The Morgan fingerprint density at radius 3 is 2.50 bits per heavy atom. The highest BCUT2D eigenvalue weighted by Crippen LogP contribution is 2.31. The molecule has 0 N–H and O–H groups in total. The van der Waals surface area contributed by atoms with Crippen molar-refractivity contribution < 1.29 is 9.53 Å². The molecule has 0 unspecified atom stereocenters. The minimum atomic E-state index is 0.103. The predicted octanol–water partition coefficient (Wildman–Crippen LogP) is 5.26. The van der Waals surface area contributed by atoms with Gasteiger partial charge in [-0.2, -0.15) is 0 Å². The lowest BCUT2D eigenvalue weighted by atomic mass is 9.81. The molecule has 0 aromatic heterocycles. The van der Waals surface area contributed by atoms with Gasteiger partial charge >= 0.3 is 0 Å². The van der Waals surface area contributed by atoms with Gasteiger partial charge in [-0.1, -0.05) is 44.5 Å². The number of methoxy groups -OCH3 is 1. The number of rotatable bonds is 6. The summed E-state index contributed by atoms with van der Waals surface area (Å²) in [4.78, 5) is 13.6. The molecule has 0 radical (unpaired) electrons. The lowest BCUT2D eigenvalue weighted by Gasteiger charge is -2.39. The summed E-state index contributed by atoms with van der Waals surface area (Å²) >= 11 is 6.16. The maximum atomic E-state index is 11.7. The van der Waals surface area contributed by atoms with E-state index >= 15 is 0 Å². The molecule has 26 heavy (non-hydrogen) atoms. The quantitative estimate of drug-likeness (QED) is 0.631. The van der Waals surface area contributed by atoms with Gasteiger partial charge in [-0.25, -0.2) is 0 Å². The Hall–Kier alpha value is -1.32. The highest BCUT2D eigenvalue weighted by Gasteiger charge is 2.29. The number of ether oxygens (including phenoxy) is 1. The summed E-state index contributed by atoms with van der Waals surface area (Å²) in [5.41, 5.74) is 2.82. The molecule has 3 nitrogen and oxygen atoms in total. The van der Waals surface area contributed by atoms with Crippen molar-refractivity contribution in [2.75, 3.05) is 26.8 Å². The zero-order valence-corrected chi connectivity index (χ0v) is 17.7. The monoisotopic (exact) mass is 379 g/mol. The van der Waals surface area contributed by atoms with Gasteiger partial charge in [0.2, 0.25) is 5.91 Å². The topological polar surface area (TPSA) is 29.5 Å². The van der Waals surface area contributed by atoms with Gasteiger partial charge < -0.3 is 9.64 Å². The highest BCUT2D eigenvalue weighted by atomic mass is 35.5. The van der Waals surface area contributed by atoms with Crippen molar-refractivity contribution in [3.05, 3.63) is 47.0 Å². The molecule has 0 saturated carbocycles. The summed E-state index contributed by atoms with van der Waals surface area (Å²) in [7, 11) is 1.68. The van der Waals surface area contributed by atoms with Crippen LogP contribution in [0.3, 0.4) is 0 Å². The second kappa shape index (κ2) is 10.7. The summed E-state index contributed by atoms with van der Waals surface area (Å²) < 4.78 is 4.54. The van der Waals surface area contributed by atoms with E-state index in [4.69, 9.17) is 11.6 Å². The first-order chi connectivity index (χ1) is 12.2. The molecule has 1 aliphatic heterocycles. The van der Waals surface area contributed by atoms with E-state index in [0.717, 1.165) is 37.6 Å². The molecule has 2 rings (SSSR count). The fourth-order valence-corrected chi connectivity index (χ4v) is 3.21. The van der Waals surface area contributed by atoms with E-state index in [0.29, 0.717) is 12.3 Å². The molecule has 1 heterocycles.